The van der Waals surface area contributed by atoms with Gasteiger partial charge in [-0.15, -0.1) is 0 Å². The lowest BCUT2D eigenvalue weighted by molar-refractivity contribution is 0.0898. The van der Waals surface area contributed by atoms with E-state index >= 15 is 0 Å². The van der Waals surface area contributed by atoms with Crippen LogP contribution in [-0.2, 0) is 5.54 Å². The number of amides is 1. The molecule has 0 aliphatic heterocycles. The Morgan fingerprint density at radius 3 is 2.48 bits per heavy atom. The Kier molecular flexibility index (Phi) is 2.57. The molecule has 1 saturated carbocycles. The van der Waals surface area contributed by atoms with E-state index in [1.165, 1.54) is 0 Å². The van der Waals surface area contributed by atoms with Gasteiger partial charge in [0.1, 0.15) is 5.52 Å². The van der Waals surface area contributed by atoms with Crippen LogP contribution < -0.4 is 5.32 Å². The van der Waals surface area contributed by atoms with Gasteiger partial charge in [0, 0.05) is 0 Å². The maximum Gasteiger partial charge on any atom is 0.307 e. The number of nitrogens with zero attached hydrogens (tertiary/aromatic N) is 1. The molecule has 1 aliphatic rings. The fourth-order valence-electron chi connectivity index (χ4n) is 2.61. The quantitative estimate of drug-likeness (QED) is 0.800. The van der Waals surface area contributed by atoms with E-state index in [0.717, 1.165) is 18.4 Å². The van der Waals surface area contributed by atoms with Crippen molar-refractivity contribution in [2.24, 2.45) is 0 Å². The molecule has 104 valence electrons. The molecule has 0 radical (unpaired) electrons. The topological polar surface area (TPSA) is 55.1 Å². The Morgan fingerprint density at radius 2 is 1.76 bits per heavy atom. The number of hydrogen-bond acceptors (Lipinski definition) is 3. The number of fused-ring (bicyclic) bond motifs is 1. The Labute approximate surface area is 121 Å². The molecule has 0 bridgehead atoms. The van der Waals surface area contributed by atoms with E-state index in [9.17, 15) is 4.79 Å². The molecule has 0 saturated heterocycles. The second-order valence-corrected chi connectivity index (χ2v) is 5.39. The first kappa shape index (κ1) is 12.1. The molecule has 1 N–H and O–H groups in total. The zero-order chi connectivity index (χ0) is 14.3. The number of benzene rings is 2. The third-order valence-electron chi connectivity index (χ3n) is 3.92. The Morgan fingerprint density at radius 1 is 1.05 bits per heavy atom. The van der Waals surface area contributed by atoms with Gasteiger partial charge in [0.15, 0.2) is 5.58 Å². The third-order valence-corrected chi connectivity index (χ3v) is 3.92. The number of rotatable bonds is 3. The molecule has 21 heavy (non-hydrogen) atoms. The van der Waals surface area contributed by atoms with E-state index in [-0.39, 0.29) is 17.3 Å². The number of hydrogen-bond donors (Lipinski definition) is 1. The highest BCUT2D eigenvalue weighted by molar-refractivity contribution is 5.93. The van der Waals surface area contributed by atoms with E-state index in [2.05, 4.69) is 10.3 Å². The van der Waals surface area contributed by atoms with Gasteiger partial charge in [0.25, 0.3) is 5.89 Å². The first-order chi connectivity index (χ1) is 10.3. The molecule has 1 aromatic heterocycles. The van der Waals surface area contributed by atoms with Crippen LogP contribution >= 0.6 is 0 Å². The molecule has 4 heteroatoms. The molecular weight excluding hydrogens is 264 g/mol. The molecule has 2 aromatic carbocycles. The van der Waals surface area contributed by atoms with Crippen molar-refractivity contribution in [3.05, 3.63) is 66.1 Å². The average molecular weight is 278 g/mol. The lowest BCUT2D eigenvalue weighted by Gasteiger charge is -2.16. The van der Waals surface area contributed by atoms with Crippen molar-refractivity contribution in [1.82, 2.24) is 10.3 Å². The van der Waals surface area contributed by atoms with Crippen LogP contribution in [-0.4, -0.2) is 10.9 Å². The van der Waals surface area contributed by atoms with Gasteiger partial charge in [-0.3, -0.25) is 4.79 Å². The predicted molar refractivity (Wildman–Crippen MR) is 78.8 cm³/mol. The van der Waals surface area contributed by atoms with Gasteiger partial charge in [-0.25, -0.2) is 4.98 Å². The molecule has 1 amide bonds. The molecule has 0 atom stereocenters. The van der Waals surface area contributed by atoms with Crippen molar-refractivity contribution in [3.8, 4) is 0 Å². The van der Waals surface area contributed by atoms with Gasteiger partial charge in [-0.05, 0) is 30.5 Å². The molecule has 0 spiro atoms. The van der Waals surface area contributed by atoms with Gasteiger partial charge in [-0.2, -0.15) is 0 Å². The second kappa shape index (κ2) is 4.45. The standard InChI is InChI=1S/C17H14N2O2/c20-15(16-18-13-8-4-5-9-14(13)21-16)19-17(10-11-17)12-6-2-1-3-7-12/h1-9H,10-11H2,(H,19,20). The van der Waals surface area contributed by atoms with Crippen LogP contribution in [0.2, 0.25) is 0 Å². The minimum atomic E-state index is -0.257. The van der Waals surface area contributed by atoms with Gasteiger partial charge in [-0.1, -0.05) is 42.5 Å². The number of para-hydroxylation sites is 2. The zero-order valence-electron chi connectivity index (χ0n) is 11.4. The van der Waals surface area contributed by atoms with E-state index in [1.54, 1.807) is 0 Å². The normalized spacial score (nSPS) is 15.8. The molecule has 1 aliphatic carbocycles. The first-order valence-corrected chi connectivity index (χ1v) is 7.00. The summed E-state index contributed by atoms with van der Waals surface area (Å²) in [4.78, 5) is 16.6. The number of oxazole rings is 1. The van der Waals surface area contributed by atoms with E-state index in [4.69, 9.17) is 4.42 Å². The summed E-state index contributed by atoms with van der Waals surface area (Å²) in [5.74, 6) is -0.133. The summed E-state index contributed by atoms with van der Waals surface area (Å²) in [6.07, 6.45) is 1.89. The first-order valence-electron chi connectivity index (χ1n) is 7.00. The van der Waals surface area contributed by atoms with E-state index in [1.807, 2.05) is 54.6 Å². The SMILES string of the molecule is O=C(NC1(c2ccccc2)CC1)c1nc2ccccc2o1. The molecule has 1 heterocycles. The Hall–Kier alpha value is -2.62. The largest absolute Gasteiger partial charge is 0.432 e. The number of carbonyl (C=O) groups is 1. The number of aromatic nitrogens is 1. The minimum absolute atomic E-state index is 0.124. The van der Waals surface area contributed by atoms with Crippen LogP contribution in [0, 0.1) is 0 Å². The smallest absolute Gasteiger partial charge is 0.307 e. The van der Waals surface area contributed by atoms with Crippen LogP contribution in [0.4, 0.5) is 0 Å². The van der Waals surface area contributed by atoms with Gasteiger partial charge in [0.05, 0.1) is 5.54 Å². The summed E-state index contributed by atoms with van der Waals surface area (Å²) in [6, 6.07) is 17.4. The van der Waals surface area contributed by atoms with Gasteiger partial charge >= 0.3 is 5.91 Å². The van der Waals surface area contributed by atoms with Crippen molar-refractivity contribution in [3.63, 3.8) is 0 Å². The Balaban J connectivity index is 1.61. The lowest BCUT2D eigenvalue weighted by Crippen LogP contribution is -2.35. The van der Waals surface area contributed by atoms with Crippen LogP contribution in [0.15, 0.2) is 59.0 Å². The lowest BCUT2D eigenvalue weighted by atomic mass is 10.1. The molecule has 4 rings (SSSR count). The van der Waals surface area contributed by atoms with Crippen LogP contribution in [0.5, 0.6) is 0 Å². The van der Waals surface area contributed by atoms with Crippen LogP contribution in [0.25, 0.3) is 11.1 Å². The fourth-order valence-corrected chi connectivity index (χ4v) is 2.61. The fraction of sp³-hybridized carbons (Fsp3) is 0.176. The number of nitrogens with one attached hydrogen (secondary N) is 1. The van der Waals surface area contributed by atoms with Gasteiger partial charge < -0.3 is 9.73 Å². The number of carbonyl (C=O) groups excluding carboxylic acids is 1. The van der Waals surface area contributed by atoms with Crippen molar-refractivity contribution < 1.29 is 9.21 Å². The minimum Gasteiger partial charge on any atom is -0.432 e. The second-order valence-electron chi connectivity index (χ2n) is 5.39. The summed E-state index contributed by atoms with van der Waals surface area (Å²) in [5, 5.41) is 3.07. The average Bonchev–Trinajstić information content (AvgIpc) is 3.17. The third kappa shape index (κ3) is 2.09. The molecule has 3 aromatic rings. The highest BCUT2D eigenvalue weighted by Crippen LogP contribution is 2.45. The maximum atomic E-state index is 12.4. The van der Waals surface area contributed by atoms with E-state index < -0.39 is 0 Å². The highest BCUT2D eigenvalue weighted by Gasteiger charge is 2.46. The molecule has 4 nitrogen and oxygen atoms in total. The summed E-state index contributed by atoms with van der Waals surface area (Å²) in [7, 11) is 0. The highest BCUT2D eigenvalue weighted by atomic mass is 16.4. The zero-order valence-corrected chi connectivity index (χ0v) is 11.4. The summed E-state index contributed by atoms with van der Waals surface area (Å²) >= 11 is 0. The molecule has 1 fully saturated rings. The predicted octanol–water partition coefficient (Wildman–Crippen LogP) is 3.25. The van der Waals surface area contributed by atoms with E-state index in [0.29, 0.717) is 11.1 Å². The van der Waals surface area contributed by atoms with Crippen molar-refractivity contribution >= 4 is 17.0 Å². The summed E-state index contributed by atoms with van der Waals surface area (Å²) in [5.41, 5.74) is 2.22. The summed E-state index contributed by atoms with van der Waals surface area (Å²) in [6.45, 7) is 0. The maximum absolute atomic E-state index is 12.4. The monoisotopic (exact) mass is 278 g/mol. The van der Waals surface area contributed by atoms with Crippen molar-refractivity contribution in [2.45, 2.75) is 18.4 Å². The Bertz CT molecular complexity index is 771. The van der Waals surface area contributed by atoms with Crippen molar-refractivity contribution in [2.75, 3.05) is 0 Å². The van der Waals surface area contributed by atoms with Crippen LogP contribution in [0.1, 0.15) is 29.1 Å². The van der Waals surface area contributed by atoms with Crippen molar-refractivity contribution in [1.29, 1.82) is 0 Å². The van der Waals surface area contributed by atoms with Crippen LogP contribution in [0.3, 0.4) is 0 Å². The van der Waals surface area contributed by atoms with Gasteiger partial charge in [0.2, 0.25) is 0 Å². The molecular formula is C17H14N2O2. The summed E-state index contributed by atoms with van der Waals surface area (Å²) < 4.78 is 5.52. The molecule has 0 unspecified atom stereocenters.